The predicted octanol–water partition coefficient (Wildman–Crippen LogP) is 3.16. The summed E-state index contributed by atoms with van der Waals surface area (Å²) in [5.41, 5.74) is 4.10. The van der Waals surface area contributed by atoms with Crippen molar-refractivity contribution in [3.63, 3.8) is 0 Å². The molecule has 1 saturated heterocycles. The number of esters is 1. The number of ether oxygens (including phenoxy) is 2. The monoisotopic (exact) mass is 431 g/mol. The van der Waals surface area contributed by atoms with Gasteiger partial charge in [-0.25, -0.2) is 9.64 Å². The lowest BCUT2D eigenvalue weighted by Crippen LogP contribution is -2.50. The highest BCUT2D eigenvalue weighted by Gasteiger charge is 2.28. The van der Waals surface area contributed by atoms with Crippen LogP contribution in [0.5, 0.6) is 5.75 Å². The van der Waals surface area contributed by atoms with Crippen LogP contribution in [-0.2, 0) is 22.6 Å². The molecule has 1 amide bonds. The average Bonchev–Trinajstić information content (AvgIpc) is 3.19. The fourth-order valence-corrected chi connectivity index (χ4v) is 4.83. The van der Waals surface area contributed by atoms with Crippen molar-refractivity contribution in [3.05, 3.63) is 70.1 Å². The zero-order valence-electron chi connectivity index (χ0n) is 17.9. The van der Waals surface area contributed by atoms with Gasteiger partial charge in [-0.05, 0) is 23.6 Å². The highest BCUT2D eigenvalue weighted by Crippen LogP contribution is 2.40. The Balaban J connectivity index is 1.16. The predicted molar refractivity (Wildman–Crippen MR) is 118 cm³/mol. The molecule has 164 valence electrons. The minimum Gasteiger partial charge on any atom is -0.504 e. The maximum absolute atomic E-state index is 12.8. The highest BCUT2D eigenvalue weighted by atomic mass is 16.5. The topological polar surface area (TPSA) is 63.4 Å². The molecule has 3 aliphatic rings. The number of benzene rings is 2. The van der Waals surface area contributed by atoms with Crippen molar-refractivity contribution in [2.45, 2.75) is 25.4 Å². The third kappa shape index (κ3) is 3.94. The van der Waals surface area contributed by atoms with Crippen molar-refractivity contribution in [3.8, 4) is 5.75 Å². The van der Waals surface area contributed by atoms with Crippen LogP contribution in [0.1, 0.15) is 39.4 Å². The summed E-state index contributed by atoms with van der Waals surface area (Å²) in [4.78, 5) is 32.4. The van der Waals surface area contributed by atoms with Gasteiger partial charge < -0.3 is 14.4 Å². The van der Waals surface area contributed by atoms with Crippen LogP contribution in [-0.4, -0.2) is 61.0 Å². The Bertz CT molecular complexity index is 1100. The van der Waals surface area contributed by atoms with Crippen LogP contribution in [0, 0.1) is 6.57 Å². The lowest BCUT2D eigenvalue weighted by molar-refractivity contribution is -0.132. The molecule has 2 aromatic rings. The second kappa shape index (κ2) is 8.64. The molecule has 32 heavy (non-hydrogen) atoms. The van der Waals surface area contributed by atoms with E-state index in [9.17, 15) is 9.59 Å². The first-order chi connectivity index (χ1) is 15.6. The Morgan fingerprint density at radius 1 is 1.12 bits per heavy atom. The quantitative estimate of drug-likeness (QED) is 0.550. The molecule has 7 heteroatoms. The number of hydrogen-bond donors (Lipinski definition) is 0. The lowest BCUT2D eigenvalue weighted by Gasteiger charge is -2.38. The summed E-state index contributed by atoms with van der Waals surface area (Å²) in [6, 6.07) is 11.3. The van der Waals surface area contributed by atoms with Crippen molar-refractivity contribution in [1.29, 1.82) is 0 Å². The molecule has 3 heterocycles. The lowest BCUT2D eigenvalue weighted by atomic mass is 9.91. The van der Waals surface area contributed by atoms with Crippen LogP contribution < -0.4 is 4.74 Å². The third-order valence-corrected chi connectivity index (χ3v) is 6.60. The third-order valence-electron chi connectivity index (χ3n) is 6.60. The van der Waals surface area contributed by atoms with Gasteiger partial charge in [-0.1, -0.05) is 30.3 Å². The van der Waals surface area contributed by atoms with E-state index in [1.54, 1.807) is 6.07 Å². The van der Waals surface area contributed by atoms with Gasteiger partial charge in [-0.2, -0.15) is 0 Å². The van der Waals surface area contributed by atoms with Crippen molar-refractivity contribution in [2.75, 3.05) is 39.3 Å². The first-order valence-corrected chi connectivity index (χ1v) is 11.0. The second-order valence-corrected chi connectivity index (χ2v) is 8.57. The SMILES string of the molecule is [C-]#[N+]c1cccc2c1OCCC2CN1CCN(C(=O)Cc2ccc3c(c2)COC3=O)CC1. The number of fused-ring (bicyclic) bond motifs is 2. The summed E-state index contributed by atoms with van der Waals surface area (Å²) >= 11 is 0. The van der Waals surface area contributed by atoms with E-state index in [4.69, 9.17) is 16.0 Å². The first-order valence-electron chi connectivity index (χ1n) is 11.0. The van der Waals surface area contributed by atoms with Crippen LogP contribution in [0.3, 0.4) is 0 Å². The van der Waals surface area contributed by atoms with Crippen molar-refractivity contribution >= 4 is 17.6 Å². The van der Waals surface area contributed by atoms with E-state index < -0.39 is 0 Å². The molecule has 0 N–H and O–H groups in total. The summed E-state index contributed by atoms with van der Waals surface area (Å²) in [5.74, 6) is 0.924. The minimum absolute atomic E-state index is 0.118. The fraction of sp³-hybridized carbons (Fsp3) is 0.400. The molecule has 0 aliphatic carbocycles. The smallest absolute Gasteiger partial charge is 0.338 e. The van der Waals surface area contributed by atoms with E-state index >= 15 is 0 Å². The molecule has 2 aromatic carbocycles. The average molecular weight is 431 g/mol. The number of hydrogen-bond acceptors (Lipinski definition) is 5. The van der Waals surface area contributed by atoms with Gasteiger partial charge in [0, 0.05) is 44.2 Å². The van der Waals surface area contributed by atoms with Gasteiger partial charge in [0.25, 0.3) is 0 Å². The Morgan fingerprint density at radius 3 is 2.78 bits per heavy atom. The number of para-hydroxylation sites is 1. The molecule has 7 nitrogen and oxygen atoms in total. The van der Waals surface area contributed by atoms with E-state index in [1.165, 1.54) is 0 Å². The normalized spacial score (nSPS) is 20.0. The number of rotatable bonds is 4. The summed E-state index contributed by atoms with van der Waals surface area (Å²) in [7, 11) is 0. The standard InChI is InChI=1S/C25H25N3O4/c1-26-22-4-2-3-20-18(7-12-31-24(20)22)15-27-8-10-28(11-9-27)23(29)14-17-5-6-21-19(13-17)16-32-25(21)30/h2-6,13,18H,7-12,14-16H2. The first kappa shape index (κ1) is 20.5. The highest BCUT2D eigenvalue weighted by molar-refractivity contribution is 5.93. The molecule has 0 aromatic heterocycles. The van der Waals surface area contributed by atoms with Crippen molar-refractivity contribution < 1.29 is 19.1 Å². The molecule has 1 unspecified atom stereocenters. The molecule has 0 spiro atoms. The van der Waals surface area contributed by atoms with Crippen LogP contribution in [0.4, 0.5) is 5.69 Å². The Hall–Kier alpha value is -3.37. The molecule has 0 saturated carbocycles. The van der Waals surface area contributed by atoms with E-state index in [0.29, 0.717) is 49.9 Å². The van der Waals surface area contributed by atoms with Crippen LogP contribution in [0.15, 0.2) is 36.4 Å². The number of nitrogens with zero attached hydrogens (tertiary/aromatic N) is 3. The van der Waals surface area contributed by atoms with Gasteiger partial charge in [0.1, 0.15) is 12.4 Å². The van der Waals surface area contributed by atoms with Gasteiger partial charge >= 0.3 is 5.97 Å². The summed E-state index contributed by atoms with van der Waals surface area (Å²) in [6.45, 7) is 12.3. The second-order valence-electron chi connectivity index (χ2n) is 8.57. The van der Waals surface area contributed by atoms with Crippen LogP contribution >= 0.6 is 0 Å². The molecular weight excluding hydrogens is 406 g/mol. The molecule has 3 aliphatic heterocycles. The number of carbonyl (C=O) groups excluding carboxylic acids is 2. The Kier molecular flexibility index (Phi) is 5.54. The molecule has 0 bridgehead atoms. The van der Waals surface area contributed by atoms with Gasteiger partial charge in [0.2, 0.25) is 11.6 Å². The maximum Gasteiger partial charge on any atom is 0.338 e. The zero-order valence-corrected chi connectivity index (χ0v) is 17.9. The van der Waals surface area contributed by atoms with Crippen molar-refractivity contribution in [2.24, 2.45) is 0 Å². The van der Waals surface area contributed by atoms with Gasteiger partial charge in [0.15, 0.2) is 0 Å². The summed E-state index contributed by atoms with van der Waals surface area (Å²) in [5, 5.41) is 0. The van der Waals surface area contributed by atoms with Crippen molar-refractivity contribution in [1.82, 2.24) is 9.80 Å². The van der Waals surface area contributed by atoms with E-state index in [0.717, 1.165) is 48.5 Å². The largest absolute Gasteiger partial charge is 0.504 e. The van der Waals surface area contributed by atoms with Crippen LogP contribution in [0.2, 0.25) is 0 Å². The summed E-state index contributed by atoms with van der Waals surface area (Å²) in [6.07, 6.45) is 1.28. The number of cyclic esters (lactones) is 1. The molecule has 5 rings (SSSR count). The fourth-order valence-electron chi connectivity index (χ4n) is 4.83. The maximum atomic E-state index is 12.8. The number of carbonyl (C=O) groups is 2. The van der Waals surface area contributed by atoms with E-state index in [1.807, 2.05) is 29.2 Å². The van der Waals surface area contributed by atoms with Gasteiger partial charge in [-0.15, -0.1) is 0 Å². The van der Waals surface area contributed by atoms with Gasteiger partial charge in [-0.3, -0.25) is 9.69 Å². The van der Waals surface area contributed by atoms with E-state index in [-0.39, 0.29) is 11.9 Å². The minimum atomic E-state index is -0.286. The zero-order chi connectivity index (χ0) is 22.1. The molecule has 1 atom stereocenters. The van der Waals surface area contributed by atoms with Crippen LogP contribution in [0.25, 0.3) is 4.85 Å². The molecule has 1 fully saturated rings. The molecular formula is C25H25N3O4. The Labute approximate surface area is 187 Å². The van der Waals surface area contributed by atoms with E-state index in [2.05, 4.69) is 15.8 Å². The van der Waals surface area contributed by atoms with Gasteiger partial charge in [0.05, 0.1) is 25.2 Å². The number of amides is 1. The molecule has 0 radical (unpaired) electrons. The number of piperazine rings is 1. The Morgan fingerprint density at radius 2 is 1.97 bits per heavy atom. The summed E-state index contributed by atoms with van der Waals surface area (Å²) < 4.78 is 10.8.